The maximum absolute atomic E-state index is 12.6. The van der Waals surface area contributed by atoms with Gasteiger partial charge in [0.15, 0.2) is 11.8 Å². The third kappa shape index (κ3) is 6.73. The lowest BCUT2D eigenvalue weighted by Crippen LogP contribution is -2.40. The van der Waals surface area contributed by atoms with Crippen LogP contribution in [0.3, 0.4) is 0 Å². The average Bonchev–Trinajstić information content (AvgIpc) is 2.76. The summed E-state index contributed by atoms with van der Waals surface area (Å²) in [5.74, 6) is -1.13. The van der Waals surface area contributed by atoms with Gasteiger partial charge in [-0.05, 0) is 44.2 Å². The van der Waals surface area contributed by atoms with Crippen molar-refractivity contribution in [3.63, 3.8) is 0 Å². The van der Waals surface area contributed by atoms with Crippen LogP contribution >= 0.6 is 11.8 Å². The minimum absolute atomic E-state index is 0.0235. The van der Waals surface area contributed by atoms with Crippen LogP contribution in [0.2, 0.25) is 0 Å². The molecule has 10 nitrogen and oxygen atoms in total. The fourth-order valence-corrected chi connectivity index (χ4v) is 5.07. The van der Waals surface area contributed by atoms with Crippen LogP contribution in [0.1, 0.15) is 11.4 Å². The van der Waals surface area contributed by atoms with Crippen LogP contribution in [-0.4, -0.2) is 73.2 Å². The first-order valence-electron chi connectivity index (χ1n) is 9.82. The number of nitrogens with zero attached hydrogens (tertiary/aromatic N) is 3. The normalized spacial score (nSPS) is 14.7. The molecule has 0 bridgehead atoms. The van der Waals surface area contributed by atoms with Crippen LogP contribution in [-0.2, 0) is 29.1 Å². The van der Waals surface area contributed by atoms with E-state index in [0.29, 0.717) is 37.1 Å². The van der Waals surface area contributed by atoms with E-state index < -0.39 is 28.5 Å². The quantitative estimate of drug-likeness (QED) is 0.339. The molecule has 3 rings (SSSR count). The van der Waals surface area contributed by atoms with E-state index in [-0.39, 0.29) is 10.6 Å². The zero-order valence-electron chi connectivity index (χ0n) is 17.7. The Kier molecular flexibility index (Phi) is 8.18. The van der Waals surface area contributed by atoms with Gasteiger partial charge in [0.2, 0.25) is 10.0 Å². The third-order valence-electron chi connectivity index (χ3n) is 4.39. The molecule has 1 fully saturated rings. The molecule has 1 aromatic carbocycles. The summed E-state index contributed by atoms with van der Waals surface area (Å²) >= 11 is 1.13. The Morgan fingerprint density at radius 1 is 1.12 bits per heavy atom. The molecular weight excluding hydrogens is 456 g/mol. The second-order valence-corrected chi connectivity index (χ2v) is 9.85. The average molecular weight is 481 g/mol. The number of anilines is 1. The predicted molar refractivity (Wildman–Crippen MR) is 118 cm³/mol. The molecule has 1 amide bonds. The fraction of sp³-hybridized carbons (Fsp3) is 0.400. The topological polar surface area (TPSA) is 128 Å². The van der Waals surface area contributed by atoms with Crippen LogP contribution in [0.4, 0.5) is 5.69 Å². The van der Waals surface area contributed by atoms with Gasteiger partial charge in [0.05, 0.1) is 23.9 Å². The Balaban J connectivity index is 1.45. The summed E-state index contributed by atoms with van der Waals surface area (Å²) in [6.07, 6.45) is 0. The molecule has 12 heteroatoms. The van der Waals surface area contributed by atoms with Crippen LogP contribution in [0.15, 0.2) is 40.4 Å². The summed E-state index contributed by atoms with van der Waals surface area (Å²) < 4.78 is 36.8. The summed E-state index contributed by atoms with van der Waals surface area (Å²) in [5.41, 5.74) is 2.00. The van der Waals surface area contributed by atoms with Crippen molar-refractivity contribution in [1.29, 1.82) is 0 Å². The predicted octanol–water partition coefficient (Wildman–Crippen LogP) is 1.39. The zero-order valence-corrected chi connectivity index (χ0v) is 19.4. The first-order valence-corrected chi connectivity index (χ1v) is 12.2. The number of ether oxygens (including phenoxy) is 2. The summed E-state index contributed by atoms with van der Waals surface area (Å²) in [6.45, 7) is 4.56. The largest absolute Gasteiger partial charge is 0.455 e. The van der Waals surface area contributed by atoms with Crippen molar-refractivity contribution in [1.82, 2.24) is 14.3 Å². The fourth-order valence-electron chi connectivity index (χ4n) is 2.91. The molecule has 32 heavy (non-hydrogen) atoms. The second-order valence-electron chi connectivity index (χ2n) is 6.97. The molecule has 172 valence electrons. The Labute approximate surface area is 190 Å². The molecule has 0 atom stereocenters. The highest BCUT2D eigenvalue weighted by Gasteiger charge is 2.26. The number of hydrogen-bond acceptors (Lipinski definition) is 9. The molecular formula is C20H24N4O6S2. The molecule has 0 unspecified atom stereocenters. The van der Waals surface area contributed by atoms with Gasteiger partial charge in [-0.15, -0.1) is 0 Å². The van der Waals surface area contributed by atoms with Gasteiger partial charge in [0.25, 0.3) is 5.91 Å². The molecule has 1 N–H and O–H groups in total. The van der Waals surface area contributed by atoms with E-state index in [4.69, 9.17) is 9.47 Å². The molecule has 2 heterocycles. The van der Waals surface area contributed by atoms with Crippen molar-refractivity contribution < 1.29 is 27.5 Å². The van der Waals surface area contributed by atoms with Gasteiger partial charge >= 0.3 is 5.97 Å². The van der Waals surface area contributed by atoms with E-state index in [1.54, 1.807) is 0 Å². The number of nitrogens with one attached hydrogen (secondary N) is 1. The van der Waals surface area contributed by atoms with Crippen LogP contribution in [0, 0.1) is 13.8 Å². The number of benzene rings is 1. The number of hydrogen-bond donors (Lipinski definition) is 1. The highest BCUT2D eigenvalue weighted by molar-refractivity contribution is 7.99. The van der Waals surface area contributed by atoms with E-state index in [0.717, 1.165) is 23.1 Å². The smallest absolute Gasteiger partial charge is 0.316 e. The maximum atomic E-state index is 12.6. The molecule has 2 aromatic rings. The van der Waals surface area contributed by atoms with Crippen LogP contribution in [0.5, 0.6) is 0 Å². The standard InChI is InChI=1S/C20H24N4O6S2/c1-14-11-15(2)22-20(21-14)31-13-19(26)30-12-18(25)23-16-3-5-17(6-4-16)32(27,28)24-7-9-29-10-8-24/h3-6,11H,7-10,12-13H2,1-2H3,(H,23,25). The van der Waals surface area contributed by atoms with E-state index in [1.165, 1.54) is 28.6 Å². The molecule has 1 saturated heterocycles. The Hall–Kier alpha value is -2.54. The SMILES string of the molecule is Cc1cc(C)nc(SCC(=O)OCC(=O)Nc2ccc(S(=O)(=O)N3CCOCC3)cc2)n1. The lowest BCUT2D eigenvalue weighted by atomic mass is 10.3. The number of rotatable bonds is 8. The molecule has 1 aliphatic heterocycles. The Morgan fingerprint density at radius 2 is 1.75 bits per heavy atom. The number of aryl methyl sites for hydroxylation is 2. The molecule has 0 spiro atoms. The van der Waals surface area contributed by atoms with Crippen molar-refractivity contribution in [2.45, 2.75) is 23.9 Å². The van der Waals surface area contributed by atoms with Gasteiger partial charge in [-0.1, -0.05) is 11.8 Å². The molecule has 1 aromatic heterocycles. The number of sulfonamides is 1. The first-order chi connectivity index (χ1) is 15.2. The molecule has 0 saturated carbocycles. The molecule has 1 aliphatic rings. The lowest BCUT2D eigenvalue weighted by molar-refractivity contribution is -0.144. The number of esters is 1. The van der Waals surface area contributed by atoms with Gasteiger partial charge < -0.3 is 14.8 Å². The van der Waals surface area contributed by atoms with Crippen molar-refractivity contribution in [2.24, 2.45) is 0 Å². The van der Waals surface area contributed by atoms with Crippen molar-refractivity contribution in [2.75, 3.05) is 44.0 Å². The van der Waals surface area contributed by atoms with Gasteiger partial charge in [-0.3, -0.25) is 9.59 Å². The van der Waals surface area contributed by atoms with Gasteiger partial charge in [0.1, 0.15) is 0 Å². The minimum atomic E-state index is -3.60. The third-order valence-corrected chi connectivity index (χ3v) is 7.12. The zero-order chi connectivity index (χ0) is 23.1. The van der Waals surface area contributed by atoms with Gasteiger partial charge in [-0.25, -0.2) is 18.4 Å². The van der Waals surface area contributed by atoms with E-state index in [1.807, 2.05) is 19.9 Å². The molecule has 0 radical (unpaired) electrons. The number of morpholine rings is 1. The Bertz CT molecular complexity index is 1050. The van der Waals surface area contributed by atoms with Crippen molar-refractivity contribution in [3.05, 3.63) is 41.7 Å². The summed E-state index contributed by atoms with van der Waals surface area (Å²) in [4.78, 5) is 32.5. The molecule has 0 aliphatic carbocycles. The van der Waals surface area contributed by atoms with Crippen molar-refractivity contribution >= 4 is 39.3 Å². The Morgan fingerprint density at radius 3 is 2.38 bits per heavy atom. The van der Waals surface area contributed by atoms with E-state index in [9.17, 15) is 18.0 Å². The number of thioether (sulfide) groups is 1. The summed E-state index contributed by atoms with van der Waals surface area (Å²) in [6, 6.07) is 7.65. The highest BCUT2D eigenvalue weighted by atomic mass is 32.2. The van der Waals surface area contributed by atoms with Crippen LogP contribution in [0.25, 0.3) is 0 Å². The minimum Gasteiger partial charge on any atom is -0.455 e. The number of carbonyl (C=O) groups is 2. The maximum Gasteiger partial charge on any atom is 0.316 e. The lowest BCUT2D eigenvalue weighted by Gasteiger charge is -2.26. The summed E-state index contributed by atoms with van der Waals surface area (Å²) in [5, 5.41) is 3.04. The second kappa shape index (κ2) is 10.9. The monoisotopic (exact) mass is 480 g/mol. The number of amides is 1. The van der Waals surface area contributed by atoms with E-state index in [2.05, 4.69) is 15.3 Å². The van der Waals surface area contributed by atoms with Crippen molar-refractivity contribution in [3.8, 4) is 0 Å². The number of aromatic nitrogens is 2. The summed E-state index contributed by atoms with van der Waals surface area (Å²) in [7, 11) is -3.60. The van der Waals surface area contributed by atoms with Gasteiger partial charge in [0, 0.05) is 30.2 Å². The van der Waals surface area contributed by atoms with Crippen LogP contribution < -0.4 is 5.32 Å². The highest BCUT2D eigenvalue weighted by Crippen LogP contribution is 2.19. The number of carbonyl (C=O) groups excluding carboxylic acids is 2. The van der Waals surface area contributed by atoms with Gasteiger partial charge in [-0.2, -0.15) is 4.31 Å². The van der Waals surface area contributed by atoms with E-state index >= 15 is 0 Å². The first kappa shape index (κ1) is 24.1.